The molecule has 2 fully saturated rings. The van der Waals surface area contributed by atoms with Crippen LogP contribution in [0.25, 0.3) is 0 Å². The molecule has 0 bridgehead atoms. The molecule has 2 aliphatic heterocycles. The van der Waals surface area contributed by atoms with Gasteiger partial charge in [0.15, 0.2) is 20.1 Å². The Labute approximate surface area is 376 Å². The third kappa shape index (κ3) is 10.3. The van der Waals surface area contributed by atoms with E-state index >= 15 is 0 Å². The number of benzene rings is 4. The molecule has 2 aromatic heterocycles. The summed E-state index contributed by atoms with van der Waals surface area (Å²) in [7, 11) is -8.49. The van der Waals surface area contributed by atoms with E-state index in [0.717, 1.165) is 78.6 Å². The highest BCUT2D eigenvalue weighted by atomic mass is 35.5. The van der Waals surface area contributed by atoms with Crippen molar-refractivity contribution in [3.63, 3.8) is 0 Å². The Morgan fingerprint density at radius 2 is 1.02 bits per heavy atom. The van der Waals surface area contributed by atoms with Crippen LogP contribution in [0.2, 0.25) is 10.0 Å². The maximum Gasteiger partial charge on any atom is 0.249 e. The van der Waals surface area contributed by atoms with Gasteiger partial charge in [-0.1, -0.05) is 65.2 Å². The molecule has 8 rings (SSSR count). The standard InChI is InChI=1S/C22H23F2N3O2S2.C20H17Cl2F2N3O2S2/c1-15-6-7-16(2)17(12-15)13-18-14-30-22(25-18)26-8-10-27(11-9-26)31(28,29)21-19(23)4-3-5-20(21)24;21-14-5-4-13(16(22)11-14)10-15-12-30-20(25-15)26-6-8-27(9-7-26)31(28,29)19-17(23)2-1-3-18(19)24/h3-7,12,14H,8-11,13H2,1-2H3;1-5,11-12H,6-10H2. The molecule has 0 aliphatic carbocycles. The minimum Gasteiger partial charge on any atom is -0.345 e. The van der Waals surface area contributed by atoms with Gasteiger partial charge < -0.3 is 9.80 Å². The number of hydrogen-bond donors (Lipinski definition) is 0. The van der Waals surface area contributed by atoms with Crippen LogP contribution in [0, 0.1) is 37.1 Å². The van der Waals surface area contributed by atoms with E-state index in [0.29, 0.717) is 42.6 Å². The zero-order valence-corrected chi connectivity index (χ0v) is 38.1. The van der Waals surface area contributed by atoms with E-state index in [1.165, 1.54) is 39.4 Å². The first kappa shape index (κ1) is 45.9. The quantitative estimate of drug-likeness (QED) is 0.125. The highest BCUT2D eigenvalue weighted by Crippen LogP contribution is 2.31. The van der Waals surface area contributed by atoms with E-state index in [4.69, 9.17) is 28.2 Å². The Bertz CT molecular complexity index is 2760. The molecule has 2 aliphatic rings. The average molecular weight is 968 g/mol. The zero-order valence-electron chi connectivity index (χ0n) is 33.4. The molecule has 4 aromatic carbocycles. The highest BCUT2D eigenvalue weighted by molar-refractivity contribution is 7.89. The van der Waals surface area contributed by atoms with E-state index in [1.54, 1.807) is 12.1 Å². The van der Waals surface area contributed by atoms with Gasteiger partial charge in [0.25, 0.3) is 0 Å². The van der Waals surface area contributed by atoms with Crippen LogP contribution in [-0.4, -0.2) is 87.8 Å². The second-order valence-corrected chi connectivity index (χ2v) is 20.9. The van der Waals surface area contributed by atoms with Crippen LogP contribution in [0.4, 0.5) is 27.8 Å². The van der Waals surface area contributed by atoms with Crippen LogP contribution >= 0.6 is 45.9 Å². The Hall–Kier alpha value is -4.14. The molecule has 4 heterocycles. The first-order valence-corrected chi connectivity index (χ1v) is 24.7. The van der Waals surface area contributed by atoms with Crippen molar-refractivity contribution < 1.29 is 34.4 Å². The third-order valence-electron chi connectivity index (χ3n) is 10.4. The van der Waals surface area contributed by atoms with Crippen LogP contribution in [0.3, 0.4) is 0 Å². The summed E-state index contributed by atoms with van der Waals surface area (Å²) in [5, 5.41) is 6.67. The first-order chi connectivity index (χ1) is 29.5. The minimum atomic E-state index is -4.26. The molecule has 0 atom stereocenters. The van der Waals surface area contributed by atoms with Gasteiger partial charge in [-0.2, -0.15) is 8.61 Å². The Morgan fingerprint density at radius 3 is 1.45 bits per heavy atom. The highest BCUT2D eigenvalue weighted by Gasteiger charge is 2.35. The molecule has 0 radical (unpaired) electrons. The molecule has 6 aromatic rings. The number of piperazine rings is 2. The summed E-state index contributed by atoms with van der Waals surface area (Å²) < 4.78 is 109. The first-order valence-electron chi connectivity index (χ1n) is 19.3. The number of aromatic nitrogens is 2. The lowest BCUT2D eigenvalue weighted by atomic mass is 10.0. The Kier molecular flexibility index (Phi) is 14.3. The number of nitrogens with zero attached hydrogens (tertiary/aromatic N) is 6. The normalized spacial score (nSPS) is 15.4. The topological polar surface area (TPSA) is 107 Å². The number of rotatable bonds is 10. The van der Waals surface area contributed by atoms with E-state index in [2.05, 4.69) is 37.0 Å². The zero-order chi connectivity index (χ0) is 44.3. The molecule has 10 nitrogen and oxygen atoms in total. The largest absolute Gasteiger partial charge is 0.345 e. The SMILES string of the molecule is Cc1ccc(C)c(Cc2csc(N3CCN(S(=O)(=O)c4c(F)cccc4F)CC3)n2)c1.O=S(=O)(c1c(F)cccc1F)N1CCN(c2nc(Cc3ccc(Cl)cc3Cl)cs2)CC1. The van der Waals surface area contributed by atoms with Crippen molar-refractivity contribution in [3.05, 3.63) is 151 Å². The number of halogens is 6. The summed E-state index contributed by atoms with van der Waals surface area (Å²) in [5.74, 6) is -4.32. The van der Waals surface area contributed by atoms with Gasteiger partial charge in [-0.25, -0.2) is 44.4 Å². The Morgan fingerprint density at radius 1 is 0.581 bits per heavy atom. The molecule has 0 spiro atoms. The van der Waals surface area contributed by atoms with Crippen molar-refractivity contribution in [1.29, 1.82) is 0 Å². The van der Waals surface area contributed by atoms with Crippen molar-refractivity contribution in [1.82, 2.24) is 18.6 Å². The maximum absolute atomic E-state index is 14.0. The van der Waals surface area contributed by atoms with E-state index in [-0.39, 0.29) is 26.2 Å². The molecular weight excluding hydrogens is 928 g/mol. The van der Waals surface area contributed by atoms with Gasteiger partial charge in [-0.3, -0.25) is 0 Å². The van der Waals surface area contributed by atoms with Crippen LogP contribution in [0.5, 0.6) is 0 Å². The van der Waals surface area contributed by atoms with Crippen LogP contribution in [0.1, 0.15) is 33.6 Å². The van der Waals surface area contributed by atoms with Gasteiger partial charge >= 0.3 is 0 Å². The lowest BCUT2D eigenvalue weighted by Crippen LogP contribution is -2.49. The number of hydrogen-bond acceptors (Lipinski definition) is 10. The number of sulfonamides is 2. The molecule has 20 heteroatoms. The molecule has 2 saturated heterocycles. The molecule has 62 heavy (non-hydrogen) atoms. The lowest BCUT2D eigenvalue weighted by molar-refractivity contribution is 0.378. The van der Waals surface area contributed by atoms with Gasteiger partial charge in [0.05, 0.1) is 11.4 Å². The number of aryl methyl sites for hydroxylation is 2. The number of thiazole rings is 2. The van der Waals surface area contributed by atoms with Gasteiger partial charge in [-0.15, -0.1) is 22.7 Å². The van der Waals surface area contributed by atoms with Crippen molar-refractivity contribution in [2.75, 3.05) is 62.2 Å². The average Bonchev–Trinajstić information content (AvgIpc) is 3.91. The Balaban J connectivity index is 0.000000186. The fraction of sp³-hybridized carbons (Fsp3) is 0.286. The molecule has 0 amide bonds. The second-order valence-electron chi connectivity index (χ2n) is 14.6. The smallest absolute Gasteiger partial charge is 0.249 e. The monoisotopic (exact) mass is 966 g/mol. The predicted molar refractivity (Wildman–Crippen MR) is 237 cm³/mol. The van der Waals surface area contributed by atoms with Gasteiger partial charge in [0.2, 0.25) is 20.0 Å². The summed E-state index contributed by atoms with van der Waals surface area (Å²) in [6.45, 7) is 6.19. The van der Waals surface area contributed by atoms with Gasteiger partial charge in [0.1, 0.15) is 23.3 Å². The second kappa shape index (κ2) is 19.3. The summed E-state index contributed by atoms with van der Waals surface area (Å²) in [4.78, 5) is 11.6. The summed E-state index contributed by atoms with van der Waals surface area (Å²) in [6, 6.07) is 17.8. The number of anilines is 2. The summed E-state index contributed by atoms with van der Waals surface area (Å²) >= 11 is 15.1. The predicted octanol–water partition coefficient (Wildman–Crippen LogP) is 8.97. The molecule has 0 unspecified atom stereocenters. The van der Waals surface area contributed by atoms with Gasteiger partial charge in [-0.05, 0) is 66.9 Å². The molecule has 0 N–H and O–H groups in total. The van der Waals surface area contributed by atoms with Crippen molar-refractivity contribution in [3.8, 4) is 0 Å². The van der Waals surface area contributed by atoms with E-state index < -0.39 is 53.1 Å². The fourth-order valence-corrected chi connectivity index (χ4v) is 12.3. The minimum absolute atomic E-state index is 0.105. The lowest BCUT2D eigenvalue weighted by Gasteiger charge is -2.33. The van der Waals surface area contributed by atoms with Crippen LogP contribution < -0.4 is 9.80 Å². The maximum atomic E-state index is 14.0. The summed E-state index contributed by atoms with van der Waals surface area (Å²) in [5.41, 5.74) is 6.38. The molecular formula is C42H40Cl2F4N6O4S4. The van der Waals surface area contributed by atoms with Crippen molar-refractivity contribution in [2.24, 2.45) is 0 Å². The summed E-state index contributed by atoms with van der Waals surface area (Å²) in [6.07, 6.45) is 1.29. The van der Waals surface area contributed by atoms with Crippen LogP contribution in [-0.2, 0) is 32.9 Å². The van der Waals surface area contributed by atoms with Gasteiger partial charge in [0, 0.05) is 86.0 Å². The molecule has 0 saturated carbocycles. The van der Waals surface area contributed by atoms with Crippen LogP contribution in [0.15, 0.2) is 93.3 Å². The van der Waals surface area contributed by atoms with Crippen molar-refractivity contribution in [2.45, 2.75) is 36.5 Å². The fourth-order valence-electron chi connectivity index (χ4n) is 7.05. The third-order valence-corrected chi connectivity index (χ3v) is 16.8. The van der Waals surface area contributed by atoms with Crippen molar-refractivity contribution >= 4 is 76.2 Å². The van der Waals surface area contributed by atoms with E-state index in [1.807, 2.05) is 26.6 Å². The van der Waals surface area contributed by atoms with E-state index in [9.17, 15) is 34.4 Å². The molecule has 328 valence electrons.